The van der Waals surface area contributed by atoms with Gasteiger partial charge < -0.3 is 4.74 Å². The van der Waals surface area contributed by atoms with Crippen LogP contribution in [0.5, 0.6) is 5.75 Å². The summed E-state index contributed by atoms with van der Waals surface area (Å²) >= 11 is 6.19. The molecule has 162 valence electrons. The quantitative estimate of drug-likeness (QED) is 0.427. The number of carbonyl (C=O) groups is 3. The average Bonchev–Trinajstić information content (AvgIpc) is 2.77. The Morgan fingerprint density at radius 2 is 1.84 bits per heavy atom. The number of hydrogen-bond acceptors (Lipinski definition) is 4. The summed E-state index contributed by atoms with van der Waals surface area (Å²) in [6, 6.07) is 15.4. The van der Waals surface area contributed by atoms with Crippen LogP contribution in [0.1, 0.15) is 24.5 Å². The van der Waals surface area contributed by atoms with E-state index in [2.05, 4.69) is 5.32 Å². The molecule has 1 heterocycles. The lowest BCUT2D eigenvalue weighted by atomic mass is 9.99. The van der Waals surface area contributed by atoms with Crippen molar-refractivity contribution in [3.63, 3.8) is 0 Å². The molecule has 0 atom stereocenters. The smallest absolute Gasteiger partial charge is 0.335 e. The second-order valence-electron chi connectivity index (χ2n) is 7.44. The fourth-order valence-corrected chi connectivity index (χ4v) is 3.69. The second kappa shape index (κ2) is 8.85. The van der Waals surface area contributed by atoms with E-state index in [0.29, 0.717) is 22.9 Å². The second-order valence-corrected chi connectivity index (χ2v) is 7.85. The number of carbonyl (C=O) groups excluding carboxylic acids is 3. The third-order valence-corrected chi connectivity index (χ3v) is 5.60. The van der Waals surface area contributed by atoms with Crippen LogP contribution < -0.4 is 15.0 Å². The Morgan fingerprint density at radius 3 is 2.59 bits per heavy atom. The molecule has 1 fully saturated rings. The molecular weight excluding hydrogens is 428 g/mol. The van der Waals surface area contributed by atoms with Crippen molar-refractivity contribution in [3.05, 3.63) is 76.3 Å². The van der Waals surface area contributed by atoms with Crippen molar-refractivity contribution in [2.24, 2.45) is 0 Å². The Bertz CT molecular complexity index is 1280. The highest BCUT2D eigenvalue weighted by atomic mass is 35.5. The van der Waals surface area contributed by atoms with Crippen LogP contribution in [-0.4, -0.2) is 24.5 Å². The summed E-state index contributed by atoms with van der Waals surface area (Å²) in [6.07, 6.45) is 2.29. The number of hydrogen-bond donors (Lipinski definition) is 1. The minimum Gasteiger partial charge on any atom is -0.493 e. The number of benzene rings is 3. The Hall–Kier alpha value is -3.64. The maximum atomic E-state index is 13.3. The van der Waals surface area contributed by atoms with Gasteiger partial charge in [-0.1, -0.05) is 54.9 Å². The van der Waals surface area contributed by atoms with Gasteiger partial charge in [0.25, 0.3) is 11.8 Å². The maximum absolute atomic E-state index is 13.3. The molecule has 0 saturated carbocycles. The van der Waals surface area contributed by atoms with E-state index in [0.717, 1.165) is 27.7 Å². The number of nitrogens with one attached hydrogen (secondary N) is 1. The predicted molar refractivity (Wildman–Crippen MR) is 125 cm³/mol. The summed E-state index contributed by atoms with van der Waals surface area (Å²) in [4.78, 5) is 39.4. The molecule has 1 aliphatic heterocycles. The number of aryl methyl sites for hydroxylation is 1. The van der Waals surface area contributed by atoms with E-state index in [9.17, 15) is 14.4 Å². The summed E-state index contributed by atoms with van der Waals surface area (Å²) in [5.41, 5.74) is 1.52. The molecular formula is C25H21ClN2O4. The topological polar surface area (TPSA) is 75.7 Å². The van der Waals surface area contributed by atoms with Crippen LogP contribution in [-0.2, 0) is 9.59 Å². The maximum Gasteiger partial charge on any atom is 0.335 e. The van der Waals surface area contributed by atoms with Gasteiger partial charge in [0.1, 0.15) is 11.3 Å². The Kier molecular flexibility index (Phi) is 5.97. The third-order valence-electron chi connectivity index (χ3n) is 5.20. The van der Waals surface area contributed by atoms with Crippen molar-refractivity contribution in [3.8, 4) is 5.75 Å². The summed E-state index contributed by atoms with van der Waals surface area (Å²) in [7, 11) is 0. The zero-order valence-electron chi connectivity index (χ0n) is 17.6. The van der Waals surface area contributed by atoms with E-state index < -0.39 is 17.8 Å². The van der Waals surface area contributed by atoms with E-state index in [1.807, 2.05) is 50.2 Å². The van der Waals surface area contributed by atoms with Gasteiger partial charge in [0.05, 0.1) is 12.3 Å². The van der Waals surface area contributed by atoms with Gasteiger partial charge in [-0.3, -0.25) is 14.9 Å². The molecule has 4 rings (SSSR count). The lowest BCUT2D eigenvalue weighted by molar-refractivity contribution is -0.122. The van der Waals surface area contributed by atoms with Crippen LogP contribution in [0.25, 0.3) is 16.8 Å². The lowest BCUT2D eigenvalue weighted by Gasteiger charge is -2.27. The molecule has 32 heavy (non-hydrogen) atoms. The predicted octanol–water partition coefficient (Wildman–Crippen LogP) is 5.26. The fourth-order valence-electron chi connectivity index (χ4n) is 3.52. The summed E-state index contributed by atoms with van der Waals surface area (Å²) < 4.78 is 5.88. The standard InChI is InChI=1S/C25H21ClN2O4/c1-3-12-32-22-11-9-16-6-4-5-7-18(16)19(22)14-20-23(29)27-25(31)28(24(20)30)17-10-8-15(2)21(26)13-17/h4-11,13-14H,3,12H2,1-2H3,(H,27,29,31)/b20-14+. The first-order valence-electron chi connectivity index (χ1n) is 10.2. The SMILES string of the molecule is CCCOc1ccc2ccccc2c1/C=C1\C(=O)NC(=O)N(c2ccc(C)c(Cl)c2)C1=O. The Morgan fingerprint density at radius 1 is 1.06 bits per heavy atom. The van der Waals surface area contributed by atoms with Crippen LogP contribution in [0.3, 0.4) is 0 Å². The number of halogens is 1. The molecule has 0 aliphatic carbocycles. The van der Waals surface area contributed by atoms with Gasteiger partial charge in [-0.25, -0.2) is 9.69 Å². The number of rotatable bonds is 5. The van der Waals surface area contributed by atoms with Gasteiger partial charge in [-0.15, -0.1) is 0 Å². The lowest BCUT2D eigenvalue weighted by Crippen LogP contribution is -2.54. The zero-order chi connectivity index (χ0) is 22.8. The van der Waals surface area contributed by atoms with E-state index in [1.165, 1.54) is 12.1 Å². The minimum atomic E-state index is -0.822. The first-order chi connectivity index (χ1) is 15.4. The van der Waals surface area contributed by atoms with Gasteiger partial charge in [0.15, 0.2) is 0 Å². The zero-order valence-corrected chi connectivity index (χ0v) is 18.4. The van der Waals surface area contributed by atoms with Gasteiger partial charge >= 0.3 is 6.03 Å². The van der Waals surface area contributed by atoms with Gasteiger partial charge in [-0.2, -0.15) is 0 Å². The Labute approximate surface area is 190 Å². The monoisotopic (exact) mass is 448 g/mol. The number of imide groups is 2. The van der Waals surface area contributed by atoms with E-state index in [1.54, 1.807) is 12.1 Å². The molecule has 0 aromatic heterocycles. The van der Waals surface area contributed by atoms with E-state index in [-0.39, 0.29) is 11.3 Å². The molecule has 0 unspecified atom stereocenters. The van der Waals surface area contributed by atoms with Crippen molar-refractivity contribution >= 4 is 52.0 Å². The number of urea groups is 1. The third kappa shape index (κ3) is 3.97. The number of fused-ring (bicyclic) bond motifs is 1. The van der Waals surface area contributed by atoms with Crippen molar-refractivity contribution in [2.75, 3.05) is 11.5 Å². The highest BCUT2D eigenvalue weighted by Gasteiger charge is 2.37. The number of amides is 4. The first-order valence-corrected chi connectivity index (χ1v) is 10.6. The van der Waals surface area contributed by atoms with Gasteiger partial charge in [0, 0.05) is 10.6 Å². The highest BCUT2D eigenvalue weighted by Crippen LogP contribution is 2.32. The number of ether oxygens (including phenoxy) is 1. The van der Waals surface area contributed by atoms with Crippen molar-refractivity contribution in [1.82, 2.24) is 5.32 Å². The van der Waals surface area contributed by atoms with E-state index >= 15 is 0 Å². The summed E-state index contributed by atoms with van der Waals surface area (Å²) in [5, 5.41) is 4.43. The molecule has 0 bridgehead atoms. The number of barbiturate groups is 1. The molecule has 0 spiro atoms. The van der Waals surface area contributed by atoms with Gasteiger partial charge in [-0.05, 0) is 54.0 Å². The van der Waals surface area contributed by atoms with Crippen LogP contribution in [0.4, 0.5) is 10.5 Å². The van der Waals surface area contributed by atoms with Crippen LogP contribution in [0, 0.1) is 6.92 Å². The fraction of sp³-hybridized carbons (Fsp3) is 0.160. The molecule has 7 heteroatoms. The highest BCUT2D eigenvalue weighted by molar-refractivity contribution is 6.39. The summed E-state index contributed by atoms with van der Waals surface area (Å²) in [5.74, 6) is -0.933. The van der Waals surface area contributed by atoms with Gasteiger partial charge in [0.2, 0.25) is 0 Å². The van der Waals surface area contributed by atoms with Crippen LogP contribution in [0.15, 0.2) is 60.2 Å². The molecule has 1 saturated heterocycles. The molecule has 3 aromatic rings. The molecule has 4 amide bonds. The number of nitrogens with zero attached hydrogens (tertiary/aromatic N) is 1. The van der Waals surface area contributed by atoms with E-state index in [4.69, 9.17) is 16.3 Å². The molecule has 1 aliphatic rings. The van der Waals surface area contributed by atoms with Crippen molar-refractivity contribution in [2.45, 2.75) is 20.3 Å². The normalized spacial score (nSPS) is 15.4. The largest absolute Gasteiger partial charge is 0.493 e. The first kappa shape index (κ1) is 21.6. The minimum absolute atomic E-state index is 0.168. The van der Waals surface area contributed by atoms with Crippen molar-refractivity contribution < 1.29 is 19.1 Å². The molecule has 0 radical (unpaired) electrons. The molecule has 6 nitrogen and oxygen atoms in total. The number of anilines is 1. The Balaban J connectivity index is 1.84. The van der Waals surface area contributed by atoms with Crippen LogP contribution in [0.2, 0.25) is 5.02 Å². The molecule has 1 N–H and O–H groups in total. The molecule has 3 aromatic carbocycles. The van der Waals surface area contributed by atoms with Crippen LogP contribution >= 0.6 is 11.6 Å². The van der Waals surface area contributed by atoms with Crippen molar-refractivity contribution in [1.29, 1.82) is 0 Å². The average molecular weight is 449 g/mol. The summed E-state index contributed by atoms with van der Waals surface area (Å²) in [6.45, 7) is 4.30.